The minimum atomic E-state index is -0.381. The zero-order valence-electron chi connectivity index (χ0n) is 22.4. The fraction of sp³-hybridized carbons (Fsp3) is 0.0909. The lowest BCUT2D eigenvalue weighted by atomic mass is 10.1. The molecule has 0 aliphatic heterocycles. The van der Waals surface area contributed by atoms with Crippen LogP contribution in [0.25, 0.3) is 34.2 Å². The first-order chi connectivity index (χ1) is 19.9. The average Bonchev–Trinajstić information content (AvgIpc) is 3.64. The fourth-order valence-corrected chi connectivity index (χ4v) is 5.00. The van der Waals surface area contributed by atoms with Crippen molar-refractivity contribution in [2.45, 2.75) is 13.8 Å². The Hall–Kier alpha value is -5.26. The van der Waals surface area contributed by atoms with Gasteiger partial charge in [0.25, 0.3) is 5.91 Å². The van der Waals surface area contributed by atoms with E-state index in [0.29, 0.717) is 50.5 Å². The van der Waals surface area contributed by atoms with Gasteiger partial charge in [-0.1, -0.05) is 71.5 Å². The number of carbonyl (C=O) groups is 2. The van der Waals surface area contributed by atoms with Crippen LogP contribution in [0.2, 0.25) is 0 Å². The van der Waals surface area contributed by atoms with Gasteiger partial charge in [-0.05, 0) is 50.2 Å². The van der Waals surface area contributed by atoms with E-state index < -0.39 is 0 Å². The number of amides is 1. The van der Waals surface area contributed by atoms with Gasteiger partial charge in [0, 0.05) is 22.8 Å². The van der Waals surface area contributed by atoms with Crippen molar-refractivity contribution in [2.24, 2.45) is 0 Å². The van der Waals surface area contributed by atoms with Crippen LogP contribution in [-0.4, -0.2) is 23.5 Å². The number of aryl methyl sites for hydroxylation is 1. The Morgan fingerprint density at radius 1 is 0.951 bits per heavy atom. The van der Waals surface area contributed by atoms with Gasteiger partial charge in [0.2, 0.25) is 0 Å². The fourth-order valence-electron chi connectivity index (χ4n) is 4.05. The van der Waals surface area contributed by atoms with Crippen LogP contribution >= 0.6 is 11.3 Å². The molecule has 0 bridgehead atoms. The summed E-state index contributed by atoms with van der Waals surface area (Å²) >= 11 is 1.22. The van der Waals surface area contributed by atoms with Gasteiger partial charge in [-0.25, -0.2) is 9.78 Å². The molecule has 0 unspecified atom stereocenters. The zero-order chi connectivity index (χ0) is 28.8. The Labute approximate surface area is 241 Å². The van der Waals surface area contributed by atoms with E-state index in [9.17, 15) is 14.9 Å². The van der Waals surface area contributed by atoms with E-state index in [0.717, 1.165) is 16.7 Å². The molecule has 41 heavy (non-hydrogen) atoms. The highest BCUT2D eigenvalue weighted by atomic mass is 32.1. The predicted octanol–water partition coefficient (Wildman–Crippen LogP) is 7.87. The maximum absolute atomic E-state index is 13.0. The summed E-state index contributed by atoms with van der Waals surface area (Å²) in [6, 6.07) is 29.5. The summed E-state index contributed by atoms with van der Waals surface area (Å²) in [5.74, 6) is 0.407. The van der Waals surface area contributed by atoms with Crippen molar-refractivity contribution < 1.29 is 18.7 Å². The molecule has 2 heterocycles. The molecule has 1 amide bonds. The van der Waals surface area contributed by atoms with E-state index in [2.05, 4.69) is 11.4 Å². The number of benzene rings is 3. The molecule has 3 aromatic carbocycles. The number of ether oxygens (including phenoxy) is 1. The van der Waals surface area contributed by atoms with Crippen molar-refractivity contribution in [3.05, 3.63) is 118 Å². The highest BCUT2D eigenvalue weighted by Crippen LogP contribution is 2.37. The van der Waals surface area contributed by atoms with Gasteiger partial charge in [0.05, 0.1) is 17.7 Å². The monoisotopic (exact) mass is 559 g/mol. The second kappa shape index (κ2) is 12.3. The SMILES string of the molecule is CCOC(=O)c1ccc(-c2ccc(C=C(C#N)c3nc(-c4ccccc4)c(NC(=O)c4ccc(C)cc4)s3)o2)cc1. The molecule has 0 aliphatic carbocycles. The number of allylic oxidation sites excluding steroid dienone is 1. The van der Waals surface area contributed by atoms with Gasteiger partial charge < -0.3 is 14.5 Å². The number of hydrogen-bond donors (Lipinski definition) is 1. The first kappa shape index (κ1) is 27.3. The van der Waals surface area contributed by atoms with Crippen LogP contribution in [0.4, 0.5) is 5.00 Å². The number of nitrogens with one attached hydrogen (secondary N) is 1. The quantitative estimate of drug-likeness (QED) is 0.153. The van der Waals surface area contributed by atoms with Crippen LogP contribution < -0.4 is 5.32 Å². The van der Waals surface area contributed by atoms with Crippen molar-refractivity contribution in [3.63, 3.8) is 0 Å². The summed E-state index contributed by atoms with van der Waals surface area (Å²) in [6.07, 6.45) is 1.62. The molecule has 0 saturated heterocycles. The molecular formula is C33H25N3O4S. The topological polar surface area (TPSA) is 105 Å². The van der Waals surface area contributed by atoms with Crippen molar-refractivity contribution >= 4 is 39.9 Å². The van der Waals surface area contributed by atoms with Gasteiger partial charge in [-0.2, -0.15) is 5.26 Å². The van der Waals surface area contributed by atoms with Gasteiger partial charge in [0.1, 0.15) is 33.3 Å². The van der Waals surface area contributed by atoms with Crippen molar-refractivity contribution in [1.82, 2.24) is 4.98 Å². The Morgan fingerprint density at radius 2 is 1.66 bits per heavy atom. The van der Waals surface area contributed by atoms with Crippen LogP contribution in [0.1, 0.15) is 44.0 Å². The number of thiazole rings is 1. The Morgan fingerprint density at radius 3 is 2.34 bits per heavy atom. The largest absolute Gasteiger partial charge is 0.462 e. The number of rotatable bonds is 8. The molecule has 5 aromatic rings. The number of carbonyl (C=O) groups excluding carboxylic acids is 2. The van der Waals surface area contributed by atoms with Crippen LogP contribution in [0, 0.1) is 18.3 Å². The summed E-state index contributed by atoms with van der Waals surface area (Å²) in [4.78, 5) is 29.7. The lowest BCUT2D eigenvalue weighted by Crippen LogP contribution is -2.11. The number of nitrogens with zero attached hydrogens (tertiary/aromatic N) is 2. The van der Waals surface area contributed by atoms with Crippen LogP contribution in [-0.2, 0) is 4.74 Å². The Balaban J connectivity index is 1.44. The van der Waals surface area contributed by atoms with E-state index in [4.69, 9.17) is 14.1 Å². The van der Waals surface area contributed by atoms with Crippen LogP contribution in [0.5, 0.6) is 0 Å². The number of nitriles is 1. The second-order valence-electron chi connectivity index (χ2n) is 9.05. The Kier molecular flexibility index (Phi) is 8.18. The summed E-state index contributed by atoms with van der Waals surface area (Å²) < 4.78 is 11.0. The molecule has 202 valence electrons. The lowest BCUT2D eigenvalue weighted by molar-refractivity contribution is 0.0526. The van der Waals surface area contributed by atoms with Crippen molar-refractivity contribution in [2.75, 3.05) is 11.9 Å². The maximum atomic E-state index is 13.0. The second-order valence-corrected chi connectivity index (χ2v) is 10.1. The van der Waals surface area contributed by atoms with E-state index in [1.165, 1.54) is 11.3 Å². The standard InChI is InChI=1S/C33H25N3O4S/c1-3-39-33(38)25-15-13-22(14-16-25)28-18-17-27(40-28)19-26(20-34)31-35-29(23-7-5-4-6-8-23)32(41-31)36-30(37)24-11-9-21(2)10-12-24/h4-19H,3H2,1-2H3,(H,36,37). The number of aromatic nitrogens is 1. The number of furan rings is 1. The maximum Gasteiger partial charge on any atom is 0.338 e. The van der Waals surface area contributed by atoms with Gasteiger partial charge >= 0.3 is 5.97 Å². The smallest absolute Gasteiger partial charge is 0.338 e. The highest BCUT2D eigenvalue weighted by Gasteiger charge is 2.19. The van der Waals surface area contributed by atoms with E-state index >= 15 is 0 Å². The summed E-state index contributed by atoms with van der Waals surface area (Å²) in [5.41, 5.74) is 4.51. The Bertz CT molecular complexity index is 1760. The molecule has 0 fully saturated rings. The van der Waals surface area contributed by atoms with E-state index in [-0.39, 0.29) is 11.9 Å². The van der Waals surface area contributed by atoms with E-state index in [1.54, 1.807) is 61.5 Å². The summed E-state index contributed by atoms with van der Waals surface area (Å²) in [7, 11) is 0. The zero-order valence-corrected chi connectivity index (χ0v) is 23.2. The van der Waals surface area contributed by atoms with Crippen LogP contribution in [0.15, 0.2) is 95.4 Å². The molecule has 0 aliphatic rings. The summed E-state index contributed by atoms with van der Waals surface area (Å²) in [6.45, 7) is 4.03. The third-order valence-electron chi connectivity index (χ3n) is 6.16. The van der Waals surface area contributed by atoms with Gasteiger partial charge in [-0.3, -0.25) is 4.79 Å². The summed E-state index contributed by atoms with van der Waals surface area (Å²) in [5, 5.41) is 14.0. The minimum Gasteiger partial charge on any atom is -0.462 e. The number of hydrogen-bond acceptors (Lipinski definition) is 7. The van der Waals surface area contributed by atoms with E-state index in [1.807, 2.05) is 49.4 Å². The molecule has 2 aromatic heterocycles. The third kappa shape index (κ3) is 6.32. The molecular weight excluding hydrogens is 534 g/mol. The highest BCUT2D eigenvalue weighted by molar-refractivity contribution is 7.17. The minimum absolute atomic E-state index is 0.260. The first-order valence-electron chi connectivity index (χ1n) is 12.9. The van der Waals surface area contributed by atoms with Crippen molar-refractivity contribution in [1.29, 1.82) is 5.26 Å². The third-order valence-corrected chi connectivity index (χ3v) is 7.16. The molecule has 5 rings (SSSR count). The molecule has 1 N–H and O–H groups in total. The normalized spacial score (nSPS) is 11.1. The van der Waals surface area contributed by atoms with Crippen LogP contribution in [0.3, 0.4) is 0 Å². The molecule has 0 atom stereocenters. The molecule has 0 spiro atoms. The average molecular weight is 560 g/mol. The number of anilines is 1. The molecule has 0 saturated carbocycles. The first-order valence-corrected chi connectivity index (χ1v) is 13.7. The predicted molar refractivity (Wildman–Crippen MR) is 160 cm³/mol. The molecule has 0 radical (unpaired) electrons. The van der Waals surface area contributed by atoms with Gasteiger partial charge in [-0.15, -0.1) is 0 Å². The number of esters is 1. The molecule has 8 heteroatoms. The van der Waals surface area contributed by atoms with Crippen molar-refractivity contribution in [3.8, 4) is 28.7 Å². The van der Waals surface area contributed by atoms with Gasteiger partial charge in [0.15, 0.2) is 0 Å². The lowest BCUT2D eigenvalue weighted by Gasteiger charge is -2.05. The molecule has 7 nitrogen and oxygen atoms in total.